The summed E-state index contributed by atoms with van der Waals surface area (Å²) in [6, 6.07) is 9.76. The number of nitrogens with one attached hydrogen (secondary N) is 2. The highest BCUT2D eigenvalue weighted by Gasteiger charge is 2.24. The van der Waals surface area contributed by atoms with Crippen molar-refractivity contribution in [1.82, 2.24) is 20.4 Å². The van der Waals surface area contributed by atoms with E-state index in [1.807, 2.05) is 36.2 Å². The molecule has 0 saturated carbocycles. The van der Waals surface area contributed by atoms with Crippen LogP contribution in [0.1, 0.15) is 23.3 Å². The highest BCUT2D eigenvalue weighted by Crippen LogP contribution is 2.26. The minimum Gasteiger partial charge on any atom is -0.337 e. The maximum atomic E-state index is 12.5. The van der Waals surface area contributed by atoms with Crippen LogP contribution in [-0.4, -0.2) is 47.2 Å². The van der Waals surface area contributed by atoms with Crippen molar-refractivity contribution in [3.05, 3.63) is 41.0 Å². The van der Waals surface area contributed by atoms with Crippen molar-refractivity contribution in [2.75, 3.05) is 20.1 Å². The monoisotopic (exact) mass is 318 g/mol. The number of likely N-dealkylation sites (tertiary alicyclic amines) is 1. The summed E-state index contributed by atoms with van der Waals surface area (Å²) < 4.78 is 0. The summed E-state index contributed by atoms with van der Waals surface area (Å²) in [5.41, 5.74) is 2.03. The lowest BCUT2D eigenvalue weighted by Crippen LogP contribution is -2.44. The first kappa shape index (κ1) is 15.1. The van der Waals surface area contributed by atoms with Crippen LogP contribution in [0.2, 0.25) is 5.02 Å². The molecule has 2 heterocycles. The molecule has 5 nitrogen and oxygen atoms in total. The molecule has 22 heavy (non-hydrogen) atoms. The van der Waals surface area contributed by atoms with Gasteiger partial charge in [-0.05, 0) is 32.0 Å². The van der Waals surface area contributed by atoms with E-state index in [1.165, 1.54) is 0 Å². The molecule has 1 aliphatic rings. The Labute approximate surface area is 134 Å². The second-order valence-electron chi connectivity index (χ2n) is 5.50. The van der Waals surface area contributed by atoms with Gasteiger partial charge in [-0.2, -0.15) is 5.10 Å². The van der Waals surface area contributed by atoms with E-state index in [4.69, 9.17) is 11.6 Å². The van der Waals surface area contributed by atoms with Gasteiger partial charge in [0.2, 0.25) is 0 Å². The van der Waals surface area contributed by atoms with Crippen molar-refractivity contribution in [2.24, 2.45) is 0 Å². The summed E-state index contributed by atoms with van der Waals surface area (Å²) in [5.74, 6) is 0.000330. The molecule has 116 valence electrons. The number of carbonyl (C=O) groups is 1. The molecule has 0 bridgehead atoms. The molecule has 1 aromatic carbocycles. The van der Waals surface area contributed by atoms with Crippen molar-refractivity contribution in [1.29, 1.82) is 0 Å². The van der Waals surface area contributed by atoms with Gasteiger partial charge in [0.15, 0.2) is 0 Å². The summed E-state index contributed by atoms with van der Waals surface area (Å²) in [7, 11) is 1.97. The quantitative estimate of drug-likeness (QED) is 0.914. The minimum absolute atomic E-state index is 0.000330. The highest BCUT2D eigenvalue weighted by molar-refractivity contribution is 6.33. The van der Waals surface area contributed by atoms with Gasteiger partial charge >= 0.3 is 0 Å². The van der Waals surface area contributed by atoms with Crippen LogP contribution in [0.4, 0.5) is 0 Å². The second kappa shape index (κ2) is 6.50. The maximum absolute atomic E-state index is 12.5. The largest absolute Gasteiger partial charge is 0.337 e. The molecule has 1 aliphatic heterocycles. The molecule has 0 radical (unpaired) electrons. The molecule has 1 aromatic heterocycles. The number of benzene rings is 1. The number of aromatic nitrogens is 2. The topological polar surface area (TPSA) is 61.0 Å². The van der Waals surface area contributed by atoms with Gasteiger partial charge in [-0.1, -0.05) is 29.8 Å². The van der Waals surface area contributed by atoms with Gasteiger partial charge in [0.1, 0.15) is 5.69 Å². The van der Waals surface area contributed by atoms with Gasteiger partial charge in [0.05, 0.1) is 10.7 Å². The number of hydrogen-bond donors (Lipinski definition) is 2. The fourth-order valence-electron chi connectivity index (χ4n) is 2.78. The lowest BCUT2D eigenvalue weighted by Gasteiger charge is -2.31. The fourth-order valence-corrected chi connectivity index (χ4v) is 3.01. The van der Waals surface area contributed by atoms with Crippen LogP contribution in [0.5, 0.6) is 0 Å². The van der Waals surface area contributed by atoms with Crippen LogP contribution in [0.3, 0.4) is 0 Å². The molecule has 0 atom stereocenters. The average Bonchev–Trinajstić information content (AvgIpc) is 3.04. The van der Waals surface area contributed by atoms with Crippen molar-refractivity contribution < 1.29 is 4.79 Å². The van der Waals surface area contributed by atoms with Gasteiger partial charge in [0, 0.05) is 24.7 Å². The maximum Gasteiger partial charge on any atom is 0.271 e. The molecule has 0 spiro atoms. The molecule has 0 unspecified atom stereocenters. The van der Waals surface area contributed by atoms with Crippen molar-refractivity contribution in [3.8, 4) is 11.3 Å². The average molecular weight is 319 g/mol. The van der Waals surface area contributed by atoms with Crippen LogP contribution in [-0.2, 0) is 0 Å². The Kier molecular flexibility index (Phi) is 4.45. The summed E-state index contributed by atoms with van der Waals surface area (Å²) >= 11 is 6.17. The van der Waals surface area contributed by atoms with E-state index in [2.05, 4.69) is 15.5 Å². The van der Waals surface area contributed by atoms with Crippen molar-refractivity contribution in [3.63, 3.8) is 0 Å². The number of H-pyrrole nitrogens is 1. The first-order chi connectivity index (χ1) is 10.7. The van der Waals surface area contributed by atoms with Crippen LogP contribution < -0.4 is 5.32 Å². The molecule has 1 saturated heterocycles. The Morgan fingerprint density at radius 1 is 1.36 bits per heavy atom. The zero-order valence-electron chi connectivity index (χ0n) is 12.5. The third kappa shape index (κ3) is 3.00. The highest BCUT2D eigenvalue weighted by atomic mass is 35.5. The molecule has 2 aromatic rings. The molecule has 1 amide bonds. The van der Waals surface area contributed by atoms with E-state index in [-0.39, 0.29) is 5.91 Å². The molecule has 3 rings (SSSR count). The van der Waals surface area contributed by atoms with E-state index in [0.29, 0.717) is 22.5 Å². The van der Waals surface area contributed by atoms with Gasteiger partial charge in [-0.15, -0.1) is 0 Å². The Hall–Kier alpha value is -1.85. The predicted octanol–water partition coefficient (Wildman–Crippen LogP) is 2.55. The van der Waals surface area contributed by atoms with Gasteiger partial charge < -0.3 is 10.2 Å². The van der Waals surface area contributed by atoms with E-state index in [9.17, 15) is 4.79 Å². The zero-order chi connectivity index (χ0) is 15.5. The van der Waals surface area contributed by atoms with Crippen LogP contribution in [0.25, 0.3) is 11.3 Å². The summed E-state index contributed by atoms with van der Waals surface area (Å²) in [6.45, 7) is 1.54. The first-order valence-electron chi connectivity index (χ1n) is 7.46. The normalized spacial score (nSPS) is 16.0. The lowest BCUT2D eigenvalue weighted by molar-refractivity contribution is 0.0701. The number of carbonyl (C=O) groups excluding carboxylic acids is 1. The number of hydrogen-bond acceptors (Lipinski definition) is 3. The molecular weight excluding hydrogens is 300 g/mol. The van der Waals surface area contributed by atoms with Gasteiger partial charge in [0.25, 0.3) is 5.91 Å². The van der Waals surface area contributed by atoms with E-state index in [0.717, 1.165) is 31.5 Å². The smallest absolute Gasteiger partial charge is 0.271 e. The van der Waals surface area contributed by atoms with E-state index in [1.54, 1.807) is 6.07 Å². The summed E-state index contributed by atoms with van der Waals surface area (Å²) in [6.07, 6.45) is 1.96. The Morgan fingerprint density at radius 2 is 2.09 bits per heavy atom. The zero-order valence-corrected chi connectivity index (χ0v) is 13.2. The number of nitrogens with zero attached hydrogens (tertiary/aromatic N) is 2. The summed E-state index contributed by atoms with van der Waals surface area (Å²) in [5, 5.41) is 11.0. The summed E-state index contributed by atoms with van der Waals surface area (Å²) in [4.78, 5) is 14.4. The molecule has 6 heteroatoms. The molecule has 1 fully saturated rings. The number of rotatable bonds is 3. The Balaban J connectivity index is 1.74. The van der Waals surface area contributed by atoms with Crippen molar-refractivity contribution >= 4 is 17.5 Å². The lowest BCUT2D eigenvalue weighted by atomic mass is 10.0. The van der Waals surface area contributed by atoms with Crippen LogP contribution >= 0.6 is 11.6 Å². The number of amides is 1. The second-order valence-corrected chi connectivity index (χ2v) is 5.91. The Morgan fingerprint density at radius 3 is 2.77 bits per heavy atom. The number of halogens is 1. The Bertz CT molecular complexity index is 662. The fraction of sp³-hybridized carbons (Fsp3) is 0.375. The van der Waals surface area contributed by atoms with Crippen LogP contribution in [0, 0.1) is 0 Å². The minimum atomic E-state index is 0.000330. The van der Waals surface area contributed by atoms with Crippen LogP contribution in [0.15, 0.2) is 30.3 Å². The molecule has 0 aliphatic carbocycles. The van der Waals surface area contributed by atoms with E-state index < -0.39 is 0 Å². The first-order valence-corrected chi connectivity index (χ1v) is 7.83. The molecular formula is C16H19ClN4O. The third-order valence-corrected chi connectivity index (χ3v) is 4.48. The number of aromatic amines is 1. The standard InChI is InChI=1S/C16H19ClN4O/c1-18-11-6-8-21(9-7-11)16(22)15-10-14(19-20-15)12-4-2-3-5-13(12)17/h2-5,10-11,18H,6-9H2,1H3,(H,19,20). The van der Waals surface area contributed by atoms with Crippen molar-refractivity contribution in [2.45, 2.75) is 18.9 Å². The molecule has 2 N–H and O–H groups in total. The predicted molar refractivity (Wildman–Crippen MR) is 87.0 cm³/mol. The SMILES string of the molecule is CNC1CCN(C(=O)c2cc(-c3ccccc3Cl)n[nH]2)CC1. The van der Waals surface area contributed by atoms with Gasteiger partial charge in [-0.25, -0.2) is 0 Å². The van der Waals surface area contributed by atoms with E-state index >= 15 is 0 Å². The third-order valence-electron chi connectivity index (χ3n) is 4.15. The number of piperidine rings is 1. The van der Waals surface area contributed by atoms with Gasteiger partial charge in [-0.3, -0.25) is 9.89 Å².